The zero-order valence-corrected chi connectivity index (χ0v) is 13.6. The third-order valence-corrected chi connectivity index (χ3v) is 3.07. The maximum atomic E-state index is 11.2. The lowest BCUT2D eigenvalue weighted by molar-refractivity contribution is -0.386. The molecule has 0 bridgehead atoms. The summed E-state index contributed by atoms with van der Waals surface area (Å²) in [6.07, 6.45) is 1.85. The van der Waals surface area contributed by atoms with Crippen LogP contribution in [0.25, 0.3) is 0 Å². The molecule has 0 radical (unpaired) electrons. The number of nitrogens with zero attached hydrogens (tertiary/aromatic N) is 1. The molecule has 0 saturated heterocycles. The van der Waals surface area contributed by atoms with Gasteiger partial charge in [0.25, 0.3) is 0 Å². The first-order valence-corrected chi connectivity index (χ1v) is 7.42. The first-order valence-electron chi connectivity index (χ1n) is 7.42. The van der Waals surface area contributed by atoms with Gasteiger partial charge in [-0.05, 0) is 45.7 Å². The molecule has 118 valence electrons. The van der Waals surface area contributed by atoms with Crippen LogP contribution in [0.15, 0.2) is 18.2 Å². The van der Waals surface area contributed by atoms with Crippen molar-refractivity contribution in [3.05, 3.63) is 33.9 Å². The van der Waals surface area contributed by atoms with Gasteiger partial charge in [-0.1, -0.05) is 19.4 Å². The molecule has 0 heterocycles. The largest absolute Gasteiger partial charge is 0.484 e. The Kier molecular flexibility index (Phi) is 6.15. The van der Waals surface area contributed by atoms with E-state index in [1.807, 2.05) is 13.0 Å². The van der Waals surface area contributed by atoms with Gasteiger partial charge in [0.15, 0.2) is 5.75 Å². The summed E-state index contributed by atoms with van der Waals surface area (Å²) in [4.78, 5) is 10.8. The molecule has 1 aromatic carbocycles. The summed E-state index contributed by atoms with van der Waals surface area (Å²) in [6.45, 7) is 10.8. The SMILES string of the molecule is CCCC(C)Oc1ccc(CNC(C)(C)C)cc1[N+](=O)[O-]. The van der Waals surface area contributed by atoms with E-state index in [-0.39, 0.29) is 22.3 Å². The Balaban J connectivity index is 2.89. The minimum Gasteiger partial charge on any atom is -0.484 e. The summed E-state index contributed by atoms with van der Waals surface area (Å²) in [6, 6.07) is 5.16. The van der Waals surface area contributed by atoms with Gasteiger partial charge in [-0.2, -0.15) is 0 Å². The minimum absolute atomic E-state index is 0.0211. The van der Waals surface area contributed by atoms with Crippen molar-refractivity contribution < 1.29 is 9.66 Å². The lowest BCUT2D eigenvalue weighted by atomic mass is 10.1. The Labute approximate surface area is 126 Å². The maximum absolute atomic E-state index is 11.2. The lowest BCUT2D eigenvalue weighted by Crippen LogP contribution is -2.35. The van der Waals surface area contributed by atoms with Crippen LogP contribution in [0.5, 0.6) is 5.75 Å². The molecule has 0 amide bonds. The van der Waals surface area contributed by atoms with Gasteiger partial charge in [-0.3, -0.25) is 10.1 Å². The summed E-state index contributed by atoms with van der Waals surface area (Å²) in [5, 5.41) is 14.5. The van der Waals surface area contributed by atoms with Crippen molar-refractivity contribution in [3.8, 4) is 5.75 Å². The van der Waals surface area contributed by atoms with Crippen molar-refractivity contribution in [1.29, 1.82) is 0 Å². The van der Waals surface area contributed by atoms with Crippen LogP contribution in [-0.4, -0.2) is 16.6 Å². The van der Waals surface area contributed by atoms with Gasteiger partial charge in [0.2, 0.25) is 0 Å². The standard InChI is InChI=1S/C16H26N2O3/c1-6-7-12(2)21-15-9-8-13(10-14(15)18(19)20)11-17-16(3,4)5/h8-10,12,17H,6-7,11H2,1-5H3. The molecule has 0 aliphatic carbocycles. The molecule has 5 nitrogen and oxygen atoms in total. The number of nitro benzene ring substituents is 1. The fourth-order valence-corrected chi connectivity index (χ4v) is 1.96. The van der Waals surface area contributed by atoms with E-state index < -0.39 is 0 Å². The first-order chi connectivity index (χ1) is 9.73. The Morgan fingerprint density at radius 3 is 2.57 bits per heavy atom. The van der Waals surface area contributed by atoms with E-state index in [0.29, 0.717) is 12.3 Å². The highest BCUT2D eigenvalue weighted by atomic mass is 16.6. The van der Waals surface area contributed by atoms with E-state index in [0.717, 1.165) is 18.4 Å². The van der Waals surface area contributed by atoms with E-state index in [2.05, 4.69) is 33.0 Å². The third-order valence-electron chi connectivity index (χ3n) is 3.07. The number of nitrogens with one attached hydrogen (secondary N) is 1. The second kappa shape index (κ2) is 7.41. The number of rotatable bonds is 7. The van der Waals surface area contributed by atoms with Gasteiger partial charge in [0.1, 0.15) is 0 Å². The molecule has 0 fully saturated rings. The zero-order valence-electron chi connectivity index (χ0n) is 13.6. The zero-order chi connectivity index (χ0) is 16.0. The number of benzene rings is 1. The molecule has 0 aliphatic heterocycles. The van der Waals surface area contributed by atoms with Crippen molar-refractivity contribution in [3.63, 3.8) is 0 Å². The van der Waals surface area contributed by atoms with Crippen LogP contribution in [0, 0.1) is 10.1 Å². The smallest absolute Gasteiger partial charge is 0.311 e. The highest BCUT2D eigenvalue weighted by Gasteiger charge is 2.18. The Hall–Kier alpha value is -1.62. The quantitative estimate of drug-likeness (QED) is 0.608. The van der Waals surface area contributed by atoms with Crippen molar-refractivity contribution >= 4 is 5.69 Å². The number of ether oxygens (including phenoxy) is 1. The van der Waals surface area contributed by atoms with E-state index in [1.165, 1.54) is 0 Å². The molecule has 21 heavy (non-hydrogen) atoms. The Bertz CT molecular complexity index is 481. The van der Waals surface area contributed by atoms with Crippen LogP contribution < -0.4 is 10.1 Å². The molecule has 5 heteroatoms. The molecular weight excluding hydrogens is 268 g/mol. The van der Waals surface area contributed by atoms with Crippen LogP contribution in [0.2, 0.25) is 0 Å². The van der Waals surface area contributed by atoms with Crippen molar-refractivity contribution in [1.82, 2.24) is 5.32 Å². The predicted molar refractivity (Wildman–Crippen MR) is 84.7 cm³/mol. The number of nitro groups is 1. The van der Waals surface area contributed by atoms with Gasteiger partial charge < -0.3 is 10.1 Å². The molecular formula is C16H26N2O3. The molecule has 0 aliphatic rings. The second-order valence-corrected chi connectivity index (χ2v) is 6.38. The van der Waals surface area contributed by atoms with Gasteiger partial charge in [-0.25, -0.2) is 0 Å². The summed E-state index contributed by atoms with van der Waals surface area (Å²) in [7, 11) is 0. The van der Waals surface area contributed by atoms with E-state index in [1.54, 1.807) is 12.1 Å². The monoisotopic (exact) mass is 294 g/mol. The molecule has 1 N–H and O–H groups in total. The van der Waals surface area contributed by atoms with Crippen molar-refractivity contribution in [2.24, 2.45) is 0 Å². The molecule has 0 spiro atoms. The summed E-state index contributed by atoms with van der Waals surface area (Å²) in [5.41, 5.74) is 0.887. The van der Waals surface area contributed by atoms with E-state index >= 15 is 0 Å². The molecule has 1 unspecified atom stereocenters. The molecule has 1 rings (SSSR count). The highest BCUT2D eigenvalue weighted by Crippen LogP contribution is 2.29. The third kappa shape index (κ3) is 6.12. The van der Waals surface area contributed by atoms with Crippen LogP contribution in [0.1, 0.15) is 53.0 Å². The van der Waals surface area contributed by atoms with Gasteiger partial charge in [0.05, 0.1) is 11.0 Å². The number of hydrogen-bond donors (Lipinski definition) is 1. The summed E-state index contributed by atoms with van der Waals surface area (Å²) < 4.78 is 5.69. The Morgan fingerprint density at radius 1 is 1.38 bits per heavy atom. The van der Waals surface area contributed by atoms with Gasteiger partial charge in [0, 0.05) is 18.2 Å². The van der Waals surface area contributed by atoms with Crippen LogP contribution >= 0.6 is 0 Å². The van der Waals surface area contributed by atoms with Crippen molar-refractivity contribution in [2.75, 3.05) is 0 Å². The van der Waals surface area contributed by atoms with E-state index in [9.17, 15) is 10.1 Å². The maximum Gasteiger partial charge on any atom is 0.311 e. The van der Waals surface area contributed by atoms with Crippen molar-refractivity contribution in [2.45, 2.75) is 65.6 Å². The van der Waals surface area contributed by atoms with E-state index in [4.69, 9.17) is 4.74 Å². The van der Waals surface area contributed by atoms with Crippen LogP contribution in [-0.2, 0) is 6.54 Å². The van der Waals surface area contributed by atoms with Crippen LogP contribution in [0.3, 0.4) is 0 Å². The van der Waals surface area contributed by atoms with Gasteiger partial charge in [-0.15, -0.1) is 0 Å². The summed E-state index contributed by atoms with van der Waals surface area (Å²) >= 11 is 0. The second-order valence-electron chi connectivity index (χ2n) is 6.38. The first kappa shape index (κ1) is 17.4. The lowest BCUT2D eigenvalue weighted by Gasteiger charge is -2.20. The normalized spacial score (nSPS) is 13.0. The molecule has 0 saturated carbocycles. The topological polar surface area (TPSA) is 64.4 Å². The summed E-state index contributed by atoms with van der Waals surface area (Å²) in [5.74, 6) is 0.348. The average Bonchev–Trinajstić information content (AvgIpc) is 2.36. The number of hydrogen-bond acceptors (Lipinski definition) is 4. The minimum atomic E-state index is -0.380. The predicted octanol–water partition coefficient (Wildman–Crippen LogP) is 4.05. The highest BCUT2D eigenvalue weighted by molar-refractivity contribution is 5.48. The Morgan fingerprint density at radius 2 is 2.05 bits per heavy atom. The molecule has 0 aromatic heterocycles. The fraction of sp³-hybridized carbons (Fsp3) is 0.625. The fourth-order valence-electron chi connectivity index (χ4n) is 1.96. The van der Waals surface area contributed by atoms with Gasteiger partial charge >= 0.3 is 5.69 Å². The molecule has 1 atom stereocenters. The average molecular weight is 294 g/mol. The van der Waals surface area contributed by atoms with Crippen LogP contribution in [0.4, 0.5) is 5.69 Å². The molecule has 1 aromatic rings.